The molecular weight excluding hydrogens is 530 g/mol. The minimum Gasteiger partial charge on any atom is -0.481 e. The summed E-state index contributed by atoms with van der Waals surface area (Å²) in [7, 11) is 0. The van der Waals surface area contributed by atoms with Gasteiger partial charge in [0.15, 0.2) is 5.13 Å². The zero-order valence-electron chi connectivity index (χ0n) is 24.6. The van der Waals surface area contributed by atoms with Gasteiger partial charge in [0.25, 0.3) is 5.91 Å². The Morgan fingerprint density at radius 1 is 0.805 bits per heavy atom. The quantitative estimate of drug-likeness (QED) is 0.191. The zero-order valence-corrected chi connectivity index (χ0v) is 25.4. The summed E-state index contributed by atoms with van der Waals surface area (Å²) in [5.74, 6) is -1.24. The molecule has 0 fully saturated rings. The number of hydrogen-bond acceptors (Lipinski definition) is 5. The van der Waals surface area contributed by atoms with E-state index in [0.717, 1.165) is 27.5 Å². The molecular formula is C34H39N3O3S. The Bertz CT molecular complexity index is 1480. The minimum absolute atomic E-state index is 0.0455. The van der Waals surface area contributed by atoms with Gasteiger partial charge in [-0.3, -0.25) is 9.59 Å². The van der Waals surface area contributed by atoms with Gasteiger partial charge in [0, 0.05) is 23.1 Å². The fraction of sp³-hybridized carbons (Fsp3) is 0.324. The molecule has 0 aliphatic rings. The Balaban J connectivity index is 1.59. The third kappa shape index (κ3) is 7.82. The number of aromatic nitrogens is 1. The van der Waals surface area contributed by atoms with Gasteiger partial charge in [-0.15, -0.1) is 11.3 Å². The maximum atomic E-state index is 12.5. The van der Waals surface area contributed by atoms with Gasteiger partial charge in [-0.2, -0.15) is 0 Å². The van der Waals surface area contributed by atoms with Crippen molar-refractivity contribution >= 4 is 28.3 Å². The smallest absolute Gasteiger partial charge is 0.305 e. The lowest BCUT2D eigenvalue weighted by Crippen LogP contribution is -2.26. The summed E-state index contributed by atoms with van der Waals surface area (Å²) < 4.78 is 0. The number of aliphatic carboxylic acids is 1. The van der Waals surface area contributed by atoms with E-state index in [1.54, 1.807) is 23.5 Å². The number of amides is 1. The molecule has 1 aromatic heterocycles. The van der Waals surface area contributed by atoms with E-state index < -0.39 is 5.97 Å². The Morgan fingerprint density at radius 3 is 1.83 bits per heavy atom. The number of nitrogens with zero attached hydrogens (tertiary/aromatic N) is 1. The van der Waals surface area contributed by atoms with Crippen LogP contribution in [0, 0.1) is 0 Å². The molecule has 4 aromatic rings. The lowest BCUT2D eigenvalue weighted by Gasteiger charge is -2.23. The van der Waals surface area contributed by atoms with Crippen LogP contribution in [0.1, 0.15) is 86.6 Å². The predicted octanol–water partition coefficient (Wildman–Crippen LogP) is 7.81. The van der Waals surface area contributed by atoms with Crippen molar-refractivity contribution in [3.05, 3.63) is 106 Å². The third-order valence-corrected chi connectivity index (χ3v) is 7.83. The van der Waals surface area contributed by atoms with Gasteiger partial charge in [0.2, 0.25) is 0 Å². The average Bonchev–Trinajstić information content (AvgIpc) is 3.39. The van der Waals surface area contributed by atoms with Crippen LogP contribution in [0.25, 0.3) is 11.3 Å². The van der Waals surface area contributed by atoms with Crippen molar-refractivity contribution in [3.63, 3.8) is 0 Å². The molecule has 41 heavy (non-hydrogen) atoms. The largest absolute Gasteiger partial charge is 0.481 e. The van der Waals surface area contributed by atoms with Crippen molar-refractivity contribution in [3.8, 4) is 11.3 Å². The molecule has 3 N–H and O–H groups in total. The van der Waals surface area contributed by atoms with Crippen molar-refractivity contribution in [2.45, 2.75) is 64.8 Å². The summed E-state index contributed by atoms with van der Waals surface area (Å²) in [5.41, 5.74) is 7.24. The number of anilines is 1. The molecule has 4 rings (SSSR count). The maximum absolute atomic E-state index is 12.5. The maximum Gasteiger partial charge on any atom is 0.305 e. The highest BCUT2D eigenvalue weighted by Gasteiger charge is 2.20. The van der Waals surface area contributed by atoms with Crippen LogP contribution in [0.4, 0.5) is 5.13 Å². The second-order valence-corrected chi connectivity index (χ2v) is 13.2. The summed E-state index contributed by atoms with van der Waals surface area (Å²) in [4.78, 5) is 28.2. The highest BCUT2D eigenvalue weighted by Crippen LogP contribution is 2.33. The molecule has 0 saturated heterocycles. The van der Waals surface area contributed by atoms with E-state index in [1.165, 1.54) is 11.1 Å². The summed E-state index contributed by atoms with van der Waals surface area (Å²) in [5, 5.41) is 18.0. The molecule has 3 aromatic carbocycles. The van der Waals surface area contributed by atoms with Crippen LogP contribution in [0.5, 0.6) is 0 Å². The van der Waals surface area contributed by atoms with Crippen LogP contribution in [0.3, 0.4) is 0 Å². The SMILES string of the molecule is CC(C)(C)c1ccc(-c2csc(NC(c3ccc(C(=O)NCCC(=O)O)cc3)c3ccc(C(C)(C)C)cc3)n2)cc1. The van der Waals surface area contributed by atoms with Crippen molar-refractivity contribution < 1.29 is 14.7 Å². The van der Waals surface area contributed by atoms with Gasteiger partial charge >= 0.3 is 5.97 Å². The van der Waals surface area contributed by atoms with E-state index in [9.17, 15) is 9.59 Å². The normalized spacial score (nSPS) is 12.5. The Morgan fingerprint density at radius 2 is 1.32 bits per heavy atom. The van der Waals surface area contributed by atoms with Crippen LogP contribution >= 0.6 is 11.3 Å². The third-order valence-electron chi connectivity index (χ3n) is 7.06. The topological polar surface area (TPSA) is 91.3 Å². The number of carboxylic acid groups (broad SMARTS) is 1. The van der Waals surface area contributed by atoms with E-state index in [2.05, 4.69) is 106 Å². The first kappa shape index (κ1) is 30.0. The number of thiazole rings is 1. The Kier molecular flexibility index (Phi) is 8.98. The number of rotatable bonds is 9. The van der Waals surface area contributed by atoms with E-state index in [4.69, 9.17) is 10.1 Å². The number of hydrogen-bond donors (Lipinski definition) is 3. The molecule has 0 aliphatic carbocycles. The fourth-order valence-corrected chi connectivity index (χ4v) is 5.23. The molecule has 1 unspecified atom stereocenters. The summed E-state index contributed by atoms with van der Waals surface area (Å²) >= 11 is 1.56. The molecule has 0 aliphatic heterocycles. The molecule has 0 saturated carbocycles. The Hall–Kier alpha value is -3.97. The van der Waals surface area contributed by atoms with Crippen LogP contribution in [-0.4, -0.2) is 28.5 Å². The number of carbonyl (C=O) groups is 2. The summed E-state index contributed by atoms with van der Waals surface area (Å²) in [6.45, 7) is 13.3. The summed E-state index contributed by atoms with van der Waals surface area (Å²) in [6, 6.07) is 24.4. The zero-order chi connectivity index (χ0) is 29.8. The van der Waals surface area contributed by atoms with Crippen LogP contribution in [0.2, 0.25) is 0 Å². The number of carboxylic acids is 1. The van der Waals surface area contributed by atoms with Gasteiger partial charge in [-0.1, -0.05) is 102 Å². The highest BCUT2D eigenvalue weighted by molar-refractivity contribution is 7.14. The molecule has 0 spiro atoms. The van der Waals surface area contributed by atoms with E-state index >= 15 is 0 Å². The van der Waals surface area contributed by atoms with Crippen LogP contribution in [0.15, 0.2) is 78.2 Å². The van der Waals surface area contributed by atoms with Crippen molar-refractivity contribution in [1.82, 2.24) is 10.3 Å². The van der Waals surface area contributed by atoms with Gasteiger partial charge in [-0.05, 0) is 45.2 Å². The first-order valence-corrected chi connectivity index (χ1v) is 14.7. The molecule has 6 nitrogen and oxygen atoms in total. The van der Waals surface area contributed by atoms with Crippen LogP contribution < -0.4 is 10.6 Å². The number of benzene rings is 3. The first-order chi connectivity index (χ1) is 19.3. The monoisotopic (exact) mass is 569 g/mol. The van der Waals surface area contributed by atoms with Crippen molar-refractivity contribution in [2.24, 2.45) is 0 Å². The molecule has 0 radical (unpaired) electrons. The summed E-state index contributed by atoms with van der Waals surface area (Å²) in [6.07, 6.45) is -0.114. The van der Waals surface area contributed by atoms with E-state index in [-0.39, 0.29) is 35.7 Å². The molecule has 1 atom stereocenters. The van der Waals surface area contributed by atoms with Gasteiger partial charge in [0.05, 0.1) is 18.2 Å². The predicted molar refractivity (Wildman–Crippen MR) is 168 cm³/mol. The lowest BCUT2D eigenvalue weighted by atomic mass is 9.85. The molecule has 1 heterocycles. The van der Waals surface area contributed by atoms with E-state index in [0.29, 0.717) is 5.56 Å². The number of nitrogens with one attached hydrogen (secondary N) is 2. The fourth-order valence-electron chi connectivity index (χ4n) is 4.48. The molecule has 0 bridgehead atoms. The second kappa shape index (κ2) is 12.3. The minimum atomic E-state index is -0.945. The Labute approximate surface area is 246 Å². The van der Waals surface area contributed by atoms with Crippen molar-refractivity contribution in [2.75, 3.05) is 11.9 Å². The second-order valence-electron chi connectivity index (χ2n) is 12.3. The molecule has 7 heteroatoms. The number of carbonyl (C=O) groups excluding carboxylic acids is 1. The van der Waals surface area contributed by atoms with Gasteiger partial charge in [-0.25, -0.2) is 4.98 Å². The van der Waals surface area contributed by atoms with Gasteiger partial charge < -0.3 is 15.7 Å². The lowest BCUT2D eigenvalue weighted by molar-refractivity contribution is -0.136. The van der Waals surface area contributed by atoms with Gasteiger partial charge in [0.1, 0.15) is 0 Å². The van der Waals surface area contributed by atoms with E-state index in [1.807, 2.05) is 12.1 Å². The van der Waals surface area contributed by atoms with Crippen LogP contribution in [-0.2, 0) is 15.6 Å². The first-order valence-electron chi connectivity index (χ1n) is 13.8. The molecule has 214 valence electrons. The van der Waals surface area contributed by atoms with Crippen molar-refractivity contribution in [1.29, 1.82) is 0 Å². The molecule has 1 amide bonds. The standard InChI is InChI=1S/C34H39N3O3S/c1-33(2,3)26-15-11-22(12-16-26)28-21-41-32(36-28)37-30(24-13-17-27(18-14-24)34(4,5)6)23-7-9-25(10-8-23)31(40)35-20-19-29(38)39/h7-18,21,30H,19-20H2,1-6H3,(H,35,40)(H,36,37)(H,38,39). The average molecular weight is 570 g/mol. The highest BCUT2D eigenvalue weighted by atomic mass is 32.1.